The summed E-state index contributed by atoms with van der Waals surface area (Å²) in [5, 5.41) is 3.46. The minimum absolute atomic E-state index is 0.854. The maximum atomic E-state index is 4.41. The Morgan fingerprint density at radius 2 is 2.00 bits per heavy atom. The third-order valence-electron chi connectivity index (χ3n) is 3.06. The first-order valence-corrected chi connectivity index (χ1v) is 7.73. The van der Waals surface area contributed by atoms with Gasteiger partial charge in [0.15, 0.2) is 0 Å². The van der Waals surface area contributed by atoms with Crippen molar-refractivity contribution in [2.75, 3.05) is 31.3 Å². The lowest BCUT2D eigenvalue weighted by Crippen LogP contribution is -2.20. The molecular formula is C15H22N4S. The zero-order valence-electron chi connectivity index (χ0n) is 12.3. The lowest BCUT2D eigenvalue weighted by molar-refractivity contribution is 0.681. The molecule has 5 heteroatoms. The van der Waals surface area contributed by atoms with Gasteiger partial charge in [0.2, 0.25) is 5.95 Å². The van der Waals surface area contributed by atoms with Gasteiger partial charge in [-0.2, -0.15) is 0 Å². The van der Waals surface area contributed by atoms with Crippen molar-refractivity contribution < 1.29 is 0 Å². The van der Waals surface area contributed by atoms with E-state index in [4.69, 9.17) is 0 Å². The Labute approximate surface area is 125 Å². The third kappa shape index (κ3) is 4.02. The van der Waals surface area contributed by atoms with Crippen LogP contribution in [0.15, 0.2) is 41.4 Å². The van der Waals surface area contributed by atoms with Gasteiger partial charge >= 0.3 is 0 Å². The molecule has 0 unspecified atom stereocenters. The summed E-state index contributed by atoms with van der Waals surface area (Å²) >= 11 is 1.88. The number of thioether (sulfide) groups is 1. The largest absolute Gasteiger partial charge is 0.348 e. The van der Waals surface area contributed by atoms with E-state index in [2.05, 4.69) is 46.2 Å². The molecule has 0 fully saturated rings. The molecule has 1 aromatic carbocycles. The molecule has 1 aromatic heterocycles. The van der Waals surface area contributed by atoms with E-state index in [0.29, 0.717) is 0 Å². The van der Waals surface area contributed by atoms with Crippen LogP contribution in [-0.4, -0.2) is 35.9 Å². The minimum Gasteiger partial charge on any atom is -0.348 e. The molecule has 0 radical (unpaired) electrons. The van der Waals surface area contributed by atoms with Crippen molar-refractivity contribution in [1.29, 1.82) is 0 Å². The predicted octanol–water partition coefficient (Wildman–Crippen LogP) is 2.37. The van der Waals surface area contributed by atoms with E-state index in [1.165, 1.54) is 10.6 Å². The molecule has 108 valence electrons. The Hall–Kier alpha value is -1.46. The summed E-state index contributed by atoms with van der Waals surface area (Å²) in [5.41, 5.74) is 1.21. The third-order valence-corrected chi connectivity index (χ3v) is 4.07. The highest BCUT2D eigenvalue weighted by atomic mass is 32.2. The van der Waals surface area contributed by atoms with Crippen molar-refractivity contribution in [3.63, 3.8) is 0 Å². The van der Waals surface area contributed by atoms with Crippen LogP contribution in [0.1, 0.15) is 5.69 Å². The SMILES string of the molecule is CN(C)c1ncc(CNCCSc2ccccc2)n1C. The molecule has 0 atom stereocenters. The molecule has 1 N–H and O–H groups in total. The lowest BCUT2D eigenvalue weighted by Gasteiger charge is -2.12. The maximum Gasteiger partial charge on any atom is 0.204 e. The normalized spacial score (nSPS) is 10.8. The van der Waals surface area contributed by atoms with Crippen LogP contribution in [0.5, 0.6) is 0 Å². The Kier molecular flexibility index (Phi) is 5.49. The monoisotopic (exact) mass is 290 g/mol. The van der Waals surface area contributed by atoms with Crippen LogP contribution in [0, 0.1) is 0 Å². The molecule has 0 bridgehead atoms. The standard InChI is InChI=1S/C15H22N4S/c1-18(2)15-17-12-13(19(15)3)11-16-9-10-20-14-7-5-4-6-8-14/h4-8,12,16H,9-11H2,1-3H3. The number of hydrogen-bond acceptors (Lipinski definition) is 4. The molecule has 0 saturated heterocycles. The molecule has 2 aromatic rings. The van der Waals surface area contributed by atoms with Gasteiger partial charge in [0.25, 0.3) is 0 Å². The summed E-state index contributed by atoms with van der Waals surface area (Å²) in [6.07, 6.45) is 1.94. The molecule has 0 spiro atoms. The summed E-state index contributed by atoms with van der Waals surface area (Å²) in [4.78, 5) is 7.75. The maximum absolute atomic E-state index is 4.41. The number of hydrogen-bond donors (Lipinski definition) is 1. The predicted molar refractivity (Wildman–Crippen MR) is 86.4 cm³/mol. The molecule has 2 rings (SSSR count). The van der Waals surface area contributed by atoms with Gasteiger partial charge in [-0.3, -0.25) is 0 Å². The molecule has 0 aliphatic carbocycles. The van der Waals surface area contributed by atoms with Crippen LogP contribution >= 0.6 is 11.8 Å². The Morgan fingerprint density at radius 1 is 1.25 bits per heavy atom. The molecule has 0 amide bonds. The molecular weight excluding hydrogens is 268 g/mol. The highest BCUT2D eigenvalue weighted by Crippen LogP contribution is 2.16. The molecule has 0 saturated carbocycles. The average Bonchev–Trinajstić information content (AvgIpc) is 2.81. The van der Waals surface area contributed by atoms with Crippen LogP contribution in [0.2, 0.25) is 0 Å². The summed E-state index contributed by atoms with van der Waals surface area (Å²) in [6.45, 7) is 1.84. The molecule has 0 aliphatic rings. The van der Waals surface area contributed by atoms with Crippen LogP contribution in [0.25, 0.3) is 0 Å². The number of aromatic nitrogens is 2. The number of nitrogens with zero attached hydrogens (tertiary/aromatic N) is 3. The second kappa shape index (κ2) is 7.36. The highest BCUT2D eigenvalue weighted by Gasteiger charge is 2.07. The van der Waals surface area contributed by atoms with Crippen molar-refractivity contribution in [3.05, 3.63) is 42.2 Å². The Bertz CT molecular complexity index is 522. The fraction of sp³-hybridized carbons (Fsp3) is 0.400. The van der Waals surface area contributed by atoms with Crippen LogP contribution < -0.4 is 10.2 Å². The number of nitrogens with one attached hydrogen (secondary N) is 1. The number of anilines is 1. The van der Waals surface area contributed by atoms with E-state index in [-0.39, 0.29) is 0 Å². The average molecular weight is 290 g/mol. The number of benzene rings is 1. The quantitative estimate of drug-likeness (QED) is 0.627. The number of rotatable bonds is 7. The van der Waals surface area contributed by atoms with Crippen molar-refractivity contribution in [2.24, 2.45) is 7.05 Å². The summed E-state index contributed by atoms with van der Waals surface area (Å²) < 4.78 is 2.12. The Morgan fingerprint density at radius 3 is 2.65 bits per heavy atom. The first-order valence-electron chi connectivity index (χ1n) is 6.75. The molecule has 4 nitrogen and oxygen atoms in total. The molecule has 1 heterocycles. The van der Waals surface area contributed by atoms with Crippen LogP contribution in [-0.2, 0) is 13.6 Å². The van der Waals surface area contributed by atoms with Gasteiger partial charge in [-0.05, 0) is 12.1 Å². The van der Waals surface area contributed by atoms with Crippen molar-refractivity contribution >= 4 is 17.7 Å². The fourth-order valence-corrected chi connectivity index (χ4v) is 2.82. The van der Waals surface area contributed by atoms with Crippen LogP contribution in [0.3, 0.4) is 0 Å². The van der Waals surface area contributed by atoms with E-state index in [0.717, 1.165) is 24.8 Å². The topological polar surface area (TPSA) is 33.1 Å². The number of imidazole rings is 1. The van der Waals surface area contributed by atoms with E-state index in [1.807, 2.05) is 43.0 Å². The zero-order valence-corrected chi connectivity index (χ0v) is 13.2. The van der Waals surface area contributed by atoms with Crippen LogP contribution in [0.4, 0.5) is 5.95 Å². The second-order valence-corrected chi connectivity index (χ2v) is 6.01. The smallest absolute Gasteiger partial charge is 0.204 e. The minimum atomic E-state index is 0.854. The van der Waals surface area contributed by atoms with Gasteiger partial charge in [0.05, 0.1) is 11.9 Å². The van der Waals surface area contributed by atoms with E-state index < -0.39 is 0 Å². The van der Waals surface area contributed by atoms with Gasteiger partial charge in [-0.1, -0.05) is 18.2 Å². The van der Waals surface area contributed by atoms with Gasteiger partial charge in [0, 0.05) is 44.9 Å². The molecule has 0 aliphatic heterocycles. The van der Waals surface area contributed by atoms with E-state index in [1.54, 1.807) is 0 Å². The van der Waals surface area contributed by atoms with Gasteiger partial charge in [0.1, 0.15) is 0 Å². The highest BCUT2D eigenvalue weighted by molar-refractivity contribution is 7.99. The summed E-state index contributed by atoms with van der Waals surface area (Å²) in [5.74, 6) is 2.06. The summed E-state index contributed by atoms with van der Waals surface area (Å²) in [6, 6.07) is 10.5. The first kappa shape index (κ1) is 14.9. The fourth-order valence-electron chi connectivity index (χ4n) is 1.99. The second-order valence-electron chi connectivity index (χ2n) is 4.84. The Balaban J connectivity index is 1.71. The van der Waals surface area contributed by atoms with Gasteiger partial charge in [-0.15, -0.1) is 11.8 Å². The van der Waals surface area contributed by atoms with Crippen molar-refractivity contribution in [2.45, 2.75) is 11.4 Å². The van der Waals surface area contributed by atoms with Crippen molar-refractivity contribution in [3.8, 4) is 0 Å². The summed E-state index contributed by atoms with van der Waals surface area (Å²) in [7, 11) is 6.07. The van der Waals surface area contributed by atoms with E-state index >= 15 is 0 Å². The zero-order chi connectivity index (χ0) is 14.4. The first-order chi connectivity index (χ1) is 9.68. The van der Waals surface area contributed by atoms with Gasteiger partial charge in [-0.25, -0.2) is 4.98 Å². The lowest BCUT2D eigenvalue weighted by atomic mass is 10.4. The molecule has 20 heavy (non-hydrogen) atoms. The van der Waals surface area contributed by atoms with Gasteiger partial charge < -0.3 is 14.8 Å². The van der Waals surface area contributed by atoms with Crippen molar-refractivity contribution in [1.82, 2.24) is 14.9 Å². The van der Waals surface area contributed by atoms with E-state index in [9.17, 15) is 0 Å².